The van der Waals surface area contributed by atoms with Gasteiger partial charge in [0.25, 0.3) is 0 Å². The molecule has 1 amide bonds. The largest absolute Gasteiger partial charge is 2.00 e. The van der Waals surface area contributed by atoms with Gasteiger partial charge in [0.2, 0.25) is 0 Å². The first-order chi connectivity index (χ1) is 32.8. The van der Waals surface area contributed by atoms with E-state index in [-0.39, 0.29) is 24.9 Å². The molecule has 338 valence electrons. The number of anilines is 1. The van der Waals surface area contributed by atoms with Crippen molar-refractivity contribution < 1.29 is 29.0 Å². The summed E-state index contributed by atoms with van der Waals surface area (Å²) < 4.78 is 5.53. The number of fused-ring (bicyclic) bond motifs is 8. The molecule has 69 heavy (non-hydrogen) atoms. The molecule has 9 rings (SSSR count). The van der Waals surface area contributed by atoms with Gasteiger partial charge in [-0.05, 0) is 140 Å². The van der Waals surface area contributed by atoms with Crippen LogP contribution in [0, 0.1) is 13.8 Å². The minimum atomic E-state index is -0.628. The maximum atomic E-state index is 12.7. The molecule has 0 saturated carbocycles. The number of hydrogen-bond acceptors (Lipinski definition) is 4. The maximum absolute atomic E-state index is 12.7. The van der Waals surface area contributed by atoms with Gasteiger partial charge in [-0.15, -0.1) is 41.8 Å². The van der Waals surface area contributed by atoms with Crippen LogP contribution in [0.3, 0.4) is 0 Å². The third kappa shape index (κ3) is 10.1. The van der Waals surface area contributed by atoms with E-state index in [4.69, 9.17) is 24.7 Å². The van der Waals surface area contributed by atoms with Crippen molar-refractivity contribution in [2.45, 2.75) is 64.9 Å². The number of aromatic nitrogens is 4. The standard InChI is InChI=1S/C61H56N5O2.Zn/c1-9-36-61(37-10-2,38-11-3)45-24-20-43(21-25-45)57-51-32-28-47(63-51)55(41-16-12-39(4)13-17-41)49-30-34-53(65-49)58(44-22-26-46(27-23-44)62-59(67)68-60(6,7)8)54-35-31-50(66-54)56(48-29-33-52(57)64-48)42-18-14-40(5)15-19-42;/h9-35H,1-3,36-38H2,4-8H3,(H2-,62,63,64,65,66,67);/q-1;+2/p-1. The number of amides is 1. The second-order valence-electron chi connectivity index (χ2n) is 18.6. The van der Waals surface area contributed by atoms with Crippen LogP contribution in [0.25, 0.3) is 90.9 Å². The molecular formula is C61H55N5O2Zn. The molecule has 5 heterocycles. The summed E-state index contributed by atoms with van der Waals surface area (Å²) in [6, 6.07) is 41.9. The molecule has 3 aromatic heterocycles. The Balaban J connectivity index is 0.00000642. The van der Waals surface area contributed by atoms with Crippen molar-refractivity contribution in [3.8, 4) is 44.5 Å². The Morgan fingerprint density at radius 3 is 1.16 bits per heavy atom. The molecular weight excluding hydrogens is 900 g/mol. The molecule has 0 saturated heterocycles. The van der Waals surface area contributed by atoms with Gasteiger partial charge >= 0.3 is 25.6 Å². The third-order valence-corrected chi connectivity index (χ3v) is 12.5. The van der Waals surface area contributed by atoms with Crippen molar-refractivity contribution in [1.82, 2.24) is 19.9 Å². The van der Waals surface area contributed by atoms with E-state index in [1.807, 2.05) is 63.3 Å². The number of rotatable bonds is 12. The number of nitrogens with zero attached hydrogens (tertiary/aromatic N) is 4. The summed E-state index contributed by atoms with van der Waals surface area (Å²) >= 11 is 0. The summed E-state index contributed by atoms with van der Waals surface area (Å²) in [4.78, 5) is 34.5. The molecule has 2 aliphatic heterocycles. The van der Waals surface area contributed by atoms with Gasteiger partial charge in [0.15, 0.2) is 0 Å². The van der Waals surface area contributed by atoms with Gasteiger partial charge in [0.1, 0.15) is 5.60 Å². The molecule has 2 aliphatic rings. The van der Waals surface area contributed by atoms with E-state index in [1.165, 1.54) is 5.56 Å². The number of benzene rings is 4. The fourth-order valence-corrected chi connectivity index (χ4v) is 9.28. The Bertz CT molecular complexity index is 3240. The van der Waals surface area contributed by atoms with Gasteiger partial charge in [0.05, 0.1) is 22.8 Å². The summed E-state index contributed by atoms with van der Waals surface area (Å²) in [5.41, 5.74) is 17.0. The van der Waals surface area contributed by atoms with Gasteiger partial charge in [0, 0.05) is 11.1 Å². The van der Waals surface area contributed by atoms with Crippen molar-refractivity contribution in [3.05, 3.63) is 199 Å². The Morgan fingerprint density at radius 1 is 0.522 bits per heavy atom. The zero-order valence-corrected chi connectivity index (χ0v) is 43.1. The van der Waals surface area contributed by atoms with Crippen LogP contribution in [0.1, 0.15) is 79.5 Å². The van der Waals surface area contributed by atoms with Crippen molar-refractivity contribution in [2.75, 3.05) is 5.32 Å². The number of carbonyl (C=O) groups is 1. The molecule has 7 aromatic rings. The van der Waals surface area contributed by atoms with Gasteiger partial charge in [-0.3, -0.25) is 5.32 Å². The van der Waals surface area contributed by atoms with Gasteiger partial charge in [-0.2, -0.15) is 0 Å². The molecule has 0 fully saturated rings. The summed E-state index contributed by atoms with van der Waals surface area (Å²) in [5.74, 6) is 0. The molecule has 8 heteroatoms. The van der Waals surface area contributed by atoms with E-state index >= 15 is 0 Å². The molecule has 0 aliphatic carbocycles. The van der Waals surface area contributed by atoms with E-state index in [0.717, 1.165) is 120 Å². The van der Waals surface area contributed by atoms with E-state index in [1.54, 1.807) is 0 Å². The number of nitrogens with one attached hydrogen (secondary N) is 1. The van der Waals surface area contributed by atoms with Crippen LogP contribution in [0.15, 0.2) is 159 Å². The Kier molecular flexibility index (Phi) is 14.0. The average Bonchev–Trinajstić information content (AvgIpc) is 4.16. The first kappa shape index (κ1) is 48.1. The normalized spacial score (nSPS) is 12.0. The topological polar surface area (TPSA) is 92.3 Å². The smallest absolute Gasteiger partial charge is 0.657 e. The minimum absolute atomic E-state index is 0. The molecule has 0 unspecified atom stereocenters. The van der Waals surface area contributed by atoms with Crippen LogP contribution in [-0.2, 0) is 29.6 Å². The number of carbonyl (C=O) groups excluding carboxylic acids is 1. The molecule has 0 spiro atoms. The summed E-state index contributed by atoms with van der Waals surface area (Å²) in [6.45, 7) is 22.0. The maximum Gasteiger partial charge on any atom is 2.00 e. The monoisotopic (exact) mass is 953 g/mol. The molecule has 4 aromatic carbocycles. The fourth-order valence-electron chi connectivity index (χ4n) is 9.28. The second-order valence-corrected chi connectivity index (χ2v) is 18.6. The van der Waals surface area contributed by atoms with E-state index in [9.17, 15) is 4.79 Å². The van der Waals surface area contributed by atoms with E-state index < -0.39 is 11.7 Å². The van der Waals surface area contributed by atoms with Crippen molar-refractivity contribution in [2.24, 2.45) is 0 Å². The van der Waals surface area contributed by atoms with Crippen molar-refractivity contribution in [3.63, 3.8) is 0 Å². The van der Waals surface area contributed by atoms with Crippen molar-refractivity contribution >= 4 is 58.2 Å². The van der Waals surface area contributed by atoms with Crippen LogP contribution in [0.4, 0.5) is 10.5 Å². The minimum Gasteiger partial charge on any atom is -0.657 e. The summed E-state index contributed by atoms with van der Waals surface area (Å²) in [5, 5.41) is 2.87. The number of allylic oxidation sites excluding steroid dienone is 3. The van der Waals surface area contributed by atoms with Crippen LogP contribution in [0.5, 0.6) is 0 Å². The second kappa shape index (κ2) is 20.1. The Morgan fingerprint density at radius 2 is 0.841 bits per heavy atom. The van der Waals surface area contributed by atoms with E-state index in [0.29, 0.717) is 5.69 Å². The van der Waals surface area contributed by atoms with Crippen LogP contribution < -0.4 is 15.3 Å². The predicted molar refractivity (Wildman–Crippen MR) is 284 cm³/mol. The molecule has 8 bridgehead atoms. The van der Waals surface area contributed by atoms with Gasteiger partial charge < -0.3 is 14.7 Å². The number of aryl methyl sites for hydroxylation is 2. The summed E-state index contributed by atoms with van der Waals surface area (Å²) in [7, 11) is 0. The SMILES string of the molecule is C=CCC(CC=C)(CC=C)c1ccc(-c2c3nc(c(-c4ccc(C)cc4)c4ccc([n-]4)c(-c4ccc(NC(=O)OC(C)(C)C)cc4)c4nc(c(-c5ccc(C)cc5)c5ccc2[n-]5)C=C4)C=C3)cc1.[Zn+2]. The molecule has 0 radical (unpaired) electrons. The quantitative estimate of drug-likeness (QED) is 0.0969. The molecule has 0 atom stereocenters. The molecule has 7 nitrogen and oxygen atoms in total. The predicted octanol–water partition coefficient (Wildman–Crippen LogP) is 15.5. The van der Waals surface area contributed by atoms with E-state index in [2.05, 4.69) is 160 Å². The third-order valence-electron chi connectivity index (χ3n) is 12.5. The number of ether oxygens (including phenoxy) is 1. The van der Waals surface area contributed by atoms with Crippen LogP contribution >= 0.6 is 0 Å². The Labute approximate surface area is 418 Å². The summed E-state index contributed by atoms with van der Waals surface area (Å²) in [6.07, 6.45) is 16.2. The zero-order chi connectivity index (χ0) is 47.6. The van der Waals surface area contributed by atoms with Crippen molar-refractivity contribution in [1.29, 1.82) is 0 Å². The fraction of sp³-hybridized carbons (Fsp3) is 0.164. The van der Waals surface area contributed by atoms with Crippen LogP contribution in [-0.4, -0.2) is 21.7 Å². The van der Waals surface area contributed by atoms with Gasteiger partial charge in [-0.25, -0.2) is 14.8 Å². The number of hydrogen-bond donors (Lipinski definition) is 1. The first-order valence-corrected chi connectivity index (χ1v) is 23.1. The van der Waals surface area contributed by atoms with Crippen LogP contribution in [0.2, 0.25) is 0 Å². The first-order valence-electron chi connectivity index (χ1n) is 23.1. The molecule has 1 N–H and O–H groups in total. The Hall–Kier alpha value is -7.41. The zero-order valence-electron chi connectivity index (χ0n) is 40.1. The van der Waals surface area contributed by atoms with Gasteiger partial charge in [-0.1, -0.05) is 139 Å². The average molecular weight is 956 g/mol.